The van der Waals surface area contributed by atoms with E-state index in [2.05, 4.69) is 34.6 Å². The normalized spacial score (nSPS) is 6.92. The van der Waals surface area contributed by atoms with E-state index < -0.39 is 0 Å². The van der Waals surface area contributed by atoms with E-state index in [1.807, 2.05) is 27.7 Å². The van der Waals surface area contributed by atoms with Crippen LogP contribution in [0.4, 0.5) is 0 Å². The van der Waals surface area contributed by atoms with Crippen molar-refractivity contribution in [2.24, 2.45) is 5.92 Å². The zero-order valence-electron chi connectivity index (χ0n) is 11.7. The van der Waals surface area contributed by atoms with Gasteiger partial charge in [0.15, 0.2) is 0 Å². The van der Waals surface area contributed by atoms with E-state index in [0.29, 0.717) is 0 Å². The molecule has 0 saturated heterocycles. The Balaban J connectivity index is -0.0000000493. The molecule has 0 amide bonds. The van der Waals surface area contributed by atoms with E-state index >= 15 is 0 Å². The first-order chi connectivity index (χ1) is 6.22. The standard InChI is InChI=1S/C6H14.C3H8.2C2H6/c1-4-6(3)5-2;1-3-2;2*1-2/h6H,4-5H2,1-3H3;3H2,1-2H3;2*1-2H3. The van der Waals surface area contributed by atoms with Crippen molar-refractivity contribution in [1.29, 1.82) is 0 Å². The second-order valence-electron chi connectivity index (χ2n) is 2.63. The molecule has 0 rings (SSSR count). The summed E-state index contributed by atoms with van der Waals surface area (Å²) in [6, 6.07) is 0. The van der Waals surface area contributed by atoms with Crippen LogP contribution in [0.25, 0.3) is 0 Å². The molecule has 13 heavy (non-hydrogen) atoms. The summed E-state index contributed by atoms with van der Waals surface area (Å²) in [5.41, 5.74) is 0. The summed E-state index contributed by atoms with van der Waals surface area (Å²) >= 11 is 0. The lowest BCUT2D eigenvalue weighted by atomic mass is 10.1. The first-order valence-electron chi connectivity index (χ1n) is 6.22. The van der Waals surface area contributed by atoms with E-state index in [0.717, 1.165) is 5.92 Å². The first kappa shape index (κ1) is 23.1. The monoisotopic (exact) mass is 190 g/mol. The first-order valence-corrected chi connectivity index (χ1v) is 6.22. The summed E-state index contributed by atoms with van der Waals surface area (Å²) < 4.78 is 0. The van der Waals surface area contributed by atoms with Gasteiger partial charge < -0.3 is 0 Å². The lowest BCUT2D eigenvalue weighted by Gasteiger charge is -1.98. The van der Waals surface area contributed by atoms with Crippen LogP contribution in [0.5, 0.6) is 0 Å². The van der Waals surface area contributed by atoms with Gasteiger partial charge in [-0.1, -0.05) is 81.6 Å². The molecular formula is C13H34. The maximum Gasteiger partial charge on any atom is -0.0448 e. The summed E-state index contributed by atoms with van der Waals surface area (Å²) in [7, 11) is 0. The van der Waals surface area contributed by atoms with Crippen molar-refractivity contribution < 1.29 is 0 Å². The van der Waals surface area contributed by atoms with Crippen LogP contribution in [0.3, 0.4) is 0 Å². The summed E-state index contributed by atoms with van der Waals surface area (Å²) in [5, 5.41) is 0. The van der Waals surface area contributed by atoms with E-state index in [1.54, 1.807) is 0 Å². The van der Waals surface area contributed by atoms with E-state index in [4.69, 9.17) is 0 Å². The maximum atomic E-state index is 2.28. The van der Waals surface area contributed by atoms with Gasteiger partial charge in [-0.3, -0.25) is 0 Å². The minimum Gasteiger partial charge on any atom is -0.0683 e. The van der Waals surface area contributed by atoms with Crippen LogP contribution in [-0.4, -0.2) is 0 Å². The van der Waals surface area contributed by atoms with Crippen LogP contribution in [0.2, 0.25) is 0 Å². The van der Waals surface area contributed by atoms with E-state index in [-0.39, 0.29) is 0 Å². The van der Waals surface area contributed by atoms with Crippen molar-refractivity contribution in [3.63, 3.8) is 0 Å². The predicted octanol–water partition coefficient (Wildman–Crippen LogP) is 5.91. The molecule has 0 aromatic heterocycles. The molecule has 0 spiro atoms. The highest BCUT2D eigenvalue weighted by atomic mass is 13.9. The van der Waals surface area contributed by atoms with Crippen molar-refractivity contribution in [1.82, 2.24) is 0 Å². The molecule has 0 fully saturated rings. The zero-order chi connectivity index (χ0) is 11.7. The second-order valence-corrected chi connectivity index (χ2v) is 2.63. The minimum absolute atomic E-state index is 0.935. The molecule has 0 N–H and O–H groups in total. The van der Waals surface area contributed by atoms with Crippen molar-refractivity contribution in [3.8, 4) is 0 Å². The molecule has 0 saturated carbocycles. The minimum atomic E-state index is 0.935. The highest BCUT2D eigenvalue weighted by molar-refractivity contribution is 4.41. The van der Waals surface area contributed by atoms with Gasteiger partial charge in [-0.05, 0) is 5.92 Å². The Morgan fingerprint density at radius 3 is 0.846 bits per heavy atom. The van der Waals surface area contributed by atoms with Gasteiger partial charge in [0.25, 0.3) is 0 Å². The van der Waals surface area contributed by atoms with Crippen LogP contribution in [-0.2, 0) is 0 Å². The van der Waals surface area contributed by atoms with Crippen molar-refractivity contribution in [3.05, 3.63) is 0 Å². The molecule has 0 heteroatoms. The van der Waals surface area contributed by atoms with Gasteiger partial charge in [-0.15, -0.1) is 0 Å². The molecule has 0 unspecified atom stereocenters. The summed E-state index contributed by atoms with van der Waals surface area (Å²) in [4.78, 5) is 0. The number of rotatable bonds is 2. The fourth-order valence-electron chi connectivity index (χ4n) is 0.289. The molecule has 0 heterocycles. The van der Waals surface area contributed by atoms with Gasteiger partial charge in [-0.25, -0.2) is 0 Å². The Kier molecular flexibility index (Phi) is 71.7. The van der Waals surface area contributed by atoms with Gasteiger partial charge in [0.1, 0.15) is 0 Å². The Hall–Kier alpha value is 0. The molecule has 86 valence electrons. The lowest BCUT2D eigenvalue weighted by molar-refractivity contribution is 0.544. The Labute approximate surface area is 88.1 Å². The molecule has 0 aromatic carbocycles. The van der Waals surface area contributed by atoms with Gasteiger partial charge >= 0.3 is 0 Å². The SMILES string of the molecule is CC.CC.CCC.CCC(C)CC. The smallest absolute Gasteiger partial charge is 0.0448 e. The fourth-order valence-corrected chi connectivity index (χ4v) is 0.289. The third-order valence-corrected chi connectivity index (χ3v) is 1.39. The summed E-state index contributed by atoms with van der Waals surface area (Å²) in [5.74, 6) is 0.935. The molecule has 0 atom stereocenters. The Morgan fingerprint density at radius 1 is 0.692 bits per heavy atom. The number of hydrogen-bond acceptors (Lipinski definition) is 0. The van der Waals surface area contributed by atoms with Gasteiger partial charge in [0.2, 0.25) is 0 Å². The number of hydrogen-bond donors (Lipinski definition) is 0. The van der Waals surface area contributed by atoms with Crippen molar-refractivity contribution >= 4 is 0 Å². The Bertz CT molecular complexity index is 27.0. The molecule has 0 bridgehead atoms. The van der Waals surface area contributed by atoms with Gasteiger partial charge in [-0.2, -0.15) is 0 Å². The zero-order valence-corrected chi connectivity index (χ0v) is 11.7. The maximum absolute atomic E-state index is 2.28. The second kappa shape index (κ2) is 40.3. The highest BCUT2D eigenvalue weighted by Crippen LogP contribution is 2.02. The topological polar surface area (TPSA) is 0 Å². The molecule has 0 aliphatic carbocycles. The van der Waals surface area contributed by atoms with Gasteiger partial charge in [0.05, 0.1) is 0 Å². The molecule has 0 aromatic rings. The fraction of sp³-hybridized carbons (Fsp3) is 1.00. The quantitative estimate of drug-likeness (QED) is 0.507. The Morgan fingerprint density at radius 2 is 0.846 bits per heavy atom. The van der Waals surface area contributed by atoms with E-state index in [1.165, 1.54) is 19.3 Å². The average Bonchev–Trinajstić information content (AvgIpc) is 2.24. The molecule has 0 aliphatic heterocycles. The third kappa shape index (κ3) is 75.0. The van der Waals surface area contributed by atoms with Crippen molar-refractivity contribution in [2.75, 3.05) is 0 Å². The lowest BCUT2D eigenvalue weighted by Crippen LogP contribution is -1.85. The summed E-state index contributed by atoms with van der Waals surface area (Å²) in [6.07, 6.45) is 3.91. The van der Waals surface area contributed by atoms with E-state index in [9.17, 15) is 0 Å². The molecule has 0 radical (unpaired) electrons. The van der Waals surface area contributed by atoms with Crippen LogP contribution < -0.4 is 0 Å². The molecule has 0 nitrogen and oxygen atoms in total. The highest BCUT2D eigenvalue weighted by Gasteiger charge is 1.88. The molecule has 0 aliphatic rings. The largest absolute Gasteiger partial charge is 0.0683 e. The third-order valence-electron chi connectivity index (χ3n) is 1.39. The van der Waals surface area contributed by atoms with Crippen LogP contribution >= 0.6 is 0 Å². The van der Waals surface area contributed by atoms with Crippen molar-refractivity contribution in [2.45, 2.75) is 81.6 Å². The van der Waals surface area contributed by atoms with Crippen LogP contribution in [0.1, 0.15) is 81.6 Å². The predicted molar refractivity (Wildman–Crippen MR) is 68.4 cm³/mol. The van der Waals surface area contributed by atoms with Crippen LogP contribution in [0.15, 0.2) is 0 Å². The molecular weight excluding hydrogens is 156 g/mol. The van der Waals surface area contributed by atoms with Crippen LogP contribution in [0, 0.1) is 5.92 Å². The van der Waals surface area contributed by atoms with Gasteiger partial charge in [0, 0.05) is 0 Å². The average molecular weight is 190 g/mol. The summed E-state index contributed by atoms with van der Waals surface area (Å²) in [6.45, 7) is 19.0.